The predicted molar refractivity (Wildman–Crippen MR) is 80.7 cm³/mol. The van der Waals surface area contributed by atoms with Crippen molar-refractivity contribution in [1.29, 1.82) is 0 Å². The van der Waals surface area contributed by atoms with Crippen molar-refractivity contribution in [3.8, 4) is 0 Å². The van der Waals surface area contributed by atoms with Crippen LogP contribution < -0.4 is 10.5 Å². The molecule has 1 fully saturated rings. The summed E-state index contributed by atoms with van der Waals surface area (Å²) in [7, 11) is -3.89. The van der Waals surface area contributed by atoms with Gasteiger partial charge in [0, 0.05) is 0 Å². The van der Waals surface area contributed by atoms with Gasteiger partial charge in [0.1, 0.15) is 0 Å². The van der Waals surface area contributed by atoms with Gasteiger partial charge in [-0.05, 0) is 0 Å². The second kappa shape index (κ2) is 6.43. The van der Waals surface area contributed by atoms with Crippen molar-refractivity contribution in [2.75, 3.05) is 26.2 Å². The second-order valence-electron chi connectivity index (χ2n) is 5.22. The topological polar surface area (TPSA) is 133 Å². The van der Waals surface area contributed by atoms with Crippen LogP contribution in [0.1, 0.15) is 11.5 Å². The van der Waals surface area contributed by atoms with Crippen molar-refractivity contribution in [1.82, 2.24) is 9.03 Å². The van der Waals surface area contributed by atoms with Crippen molar-refractivity contribution in [2.24, 2.45) is 5.73 Å². The number of aliphatic carboxylic acids is 1. The Morgan fingerprint density at radius 1 is 1.59 bits per heavy atom. The molecule has 0 spiro atoms. The number of nitrogens with two attached hydrogens (primary N) is 1. The molecule has 1 aromatic rings. The van der Waals surface area contributed by atoms with E-state index in [1.54, 1.807) is 31.0 Å². The van der Waals surface area contributed by atoms with Crippen LogP contribution in [0.4, 0.5) is 0 Å². The molecule has 1 saturated heterocycles. The number of carboxylic acids is 1. The minimum atomic E-state index is -3.89. The maximum absolute atomic E-state index is 12.1. The zero-order valence-electron chi connectivity index (χ0n) is 11.8. The molecule has 0 radical (unpaired) electrons. The standard InChI is InChI=1S/C12H18BN3O5S/c14-12(11(18)19)8-16(22(20,21)15-4-5-17)7-10(12)9-2-1-3-13-6-9/h1-3,6,10,15,17H,4-5,7-8,14H2,(H,18,19). The summed E-state index contributed by atoms with van der Waals surface area (Å²) in [5.74, 6) is 1.61. The molecular formula is C12H18BN3O5S. The molecule has 0 aromatic carbocycles. The molecule has 1 aromatic heterocycles. The van der Waals surface area contributed by atoms with Gasteiger partial charge in [-0.15, -0.1) is 0 Å². The number of hydrogen-bond acceptors (Lipinski definition) is 5. The van der Waals surface area contributed by atoms with Crippen LogP contribution in [0.2, 0.25) is 0 Å². The summed E-state index contributed by atoms with van der Waals surface area (Å²) < 4.78 is 27.5. The molecule has 2 atom stereocenters. The summed E-state index contributed by atoms with van der Waals surface area (Å²) in [4.78, 5) is 11.6. The number of nitrogens with one attached hydrogen (secondary N) is 1. The van der Waals surface area contributed by atoms with E-state index in [0.29, 0.717) is 5.56 Å². The fourth-order valence-electron chi connectivity index (χ4n) is 2.59. The van der Waals surface area contributed by atoms with E-state index >= 15 is 0 Å². The van der Waals surface area contributed by atoms with E-state index in [1.807, 2.05) is 0 Å². The van der Waals surface area contributed by atoms with Gasteiger partial charge < -0.3 is 0 Å². The summed E-state index contributed by atoms with van der Waals surface area (Å²) in [6.45, 7) is 0.899. The molecule has 0 bridgehead atoms. The Kier molecular flexibility index (Phi) is 4.98. The van der Waals surface area contributed by atoms with Gasteiger partial charge in [0.05, 0.1) is 0 Å². The normalized spacial score (nSPS) is 26.0. The van der Waals surface area contributed by atoms with Crippen LogP contribution in [0.15, 0.2) is 24.1 Å². The van der Waals surface area contributed by atoms with E-state index in [0.717, 1.165) is 4.31 Å². The first-order chi connectivity index (χ1) is 10.3. The van der Waals surface area contributed by atoms with Gasteiger partial charge in [0.25, 0.3) is 0 Å². The number of aliphatic hydroxyl groups excluding tert-OH is 1. The summed E-state index contributed by atoms with van der Waals surface area (Å²) >= 11 is 0. The molecule has 2 heterocycles. The van der Waals surface area contributed by atoms with E-state index in [2.05, 4.69) is 4.72 Å². The molecule has 2 unspecified atom stereocenters. The van der Waals surface area contributed by atoms with Crippen molar-refractivity contribution in [3.05, 3.63) is 29.6 Å². The van der Waals surface area contributed by atoms with Gasteiger partial charge in [-0.2, -0.15) is 0 Å². The monoisotopic (exact) mass is 327 g/mol. The fraction of sp³-hybridized carbons (Fsp3) is 0.500. The first-order valence-corrected chi connectivity index (χ1v) is 8.18. The molecule has 22 heavy (non-hydrogen) atoms. The van der Waals surface area contributed by atoms with E-state index in [1.165, 1.54) is 0 Å². The third-order valence-electron chi connectivity index (χ3n) is 3.78. The van der Waals surface area contributed by atoms with E-state index in [9.17, 15) is 18.3 Å². The molecule has 0 saturated carbocycles. The predicted octanol–water partition coefficient (Wildman–Crippen LogP) is -1.97. The first kappa shape index (κ1) is 17.0. The first-order valence-electron chi connectivity index (χ1n) is 6.74. The Morgan fingerprint density at radius 3 is 2.86 bits per heavy atom. The number of nitrogens with zero attached hydrogens (tertiary/aromatic N) is 1. The SMILES string of the molecule is NC1(C(=O)O)CN(S(=O)(=O)NCCO)CC1c1cbccc1. The van der Waals surface area contributed by atoms with E-state index in [4.69, 9.17) is 10.8 Å². The van der Waals surface area contributed by atoms with Gasteiger partial charge >= 0.3 is 129 Å². The van der Waals surface area contributed by atoms with Gasteiger partial charge in [0.15, 0.2) is 0 Å². The Hall–Kier alpha value is -1.33. The van der Waals surface area contributed by atoms with Crippen molar-refractivity contribution >= 4 is 23.1 Å². The summed E-state index contributed by atoms with van der Waals surface area (Å²) in [6.07, 6.45) is 0. The van der Waals surface area contributed by atoms with E-state index in [-0.39, 0.29) is 26.2 Å². The zero-order chi connectivity index (χ0) is 16.4. The zero-order valence-corrected chi connectivity index (χ0v) is 12.7. The fourth-order valence-corrected chi connectivity index (χ4v) is 3.85. The van der Waals surface area contributed by atoms with Crippen LogP contribution in [-0.4, -0.2) is 67.6 Å². The maximum atomic E-state index is 12.1. The minimum absolute atomic E-state index is 0.0342. The van der Waals surface area contributed by atoms with Crippen molar-refractivity contribution in [3.63, 3.8) is 0 Å². The Balaban J connectivity index is 2.32. The number of hydrogen-bond donors (Lipinski definition) is 4. The molecule has 10 heteroatoms. The Labute approximate surface area is 129 Å². The third kappa shape index (κ3) is 3.20. The number of carboxylic acid groups (broad SMARTS) is 1. The number of rotatable bonds is 6. The van der Waals surface area contributed by atoms with Crippen molar-refractivity contribution in [2.45, 2.75) is 11.5 Å². The molecule has 8 nitrogen and oxygen atoms in total. The molecular weight excluding hydrogens is 309 g/mol. The molecule has 0 amide bonds. The Bertz CT molecular complexity index is 641. The number of aliphatic hydroxyl groups is 1. The molecule has 1 aliphatic rings. The summed E-state index contributed by atoms with van der Waals surface area (Å²) in [5.41, 5.74) is 4.99. The molecule has 120 valence electrons. The Morgan fingerprint density at radius 2 is 2.32 bits per heavy atom. The molecule has 5 N–H and O–H groups in total. The average Bonchev–Trinajstić information content (AvgIpc) is 2.86. The molecule has 0 aliphatic carbocycles. The molecule has 1 aliphatic heterocycles. The number of carbonyl (C=O) groups is 1. The van der Waals surface area contributed by atoms with Gasteiger partial charge in [-0.3, -0.25) is 0 Å². The second-order valence-corrected chi connectivity index (χ2v) is 6.98. The third-order valence-corrected chi connectivity index (χ3v) is 5.31. The van der Waals surface area contributed by atoms with E-state index < -0.39 is 27.6 Å². The van der Waals surface area contributed by atoms with Crippen LogP contribution in [0.5, 0.6) is 0 Å². The van der Waals surface area contributed by atoms with Crippen LogP contribution in [0.25, 0.3) is 0 Å². The van der Waals surface area contributed by atoms with Crippen molar-refractivity contribution < 1.29 is 23.4 Å². The van der Waals surface area contributed by atoms with Crippen LogP contribution in [-0.2, 0) is 15.0 Å². The van der Waals surface area contributed by atoms with Crippen LogP contribution in [0, 0.1) is 0 Å². The average molecular weight is 327 g/mol. The summed E-state index contributed by atoms with van der Waals surface area (Å²) in [6, 6.07) is 3.48. The van der Waals surface area contributed by atoms with Gasteiger partial charge in [-0.1, -0.05) is 0 Å². The van der Waals surface area contributed by atoms with Crippen LogP contribution in [0.3, 0.4) is 0 Å². The quantitative estimate of drug-likeness (QED) is 0.479. The summed E-state index contributed by atoms with van der Waals surface area (Å²) in [5, 5.41) is 18.2. The van der Waals surface area contributed by atoms with Gasteiger partial charge in [0.2, 0.25) is 0 Å². The van der Waals surface area contributed by atoms with Gasteiger partial charge in [-0.25, -0.2) is 0 Å². The molecule has 2 rings (SSSR count). The van der Waals surface area contributed by atoms with Crippen LogP contribution >= 0.6 is 0 Å².